The van der Waals surface area contributed by atoms with Gasteiger partial charge in [-0.05, 0) is 61.7 Å². The minimum absolute atomic E-state index is 0.347. The van der Waals surface area contributed by atoms with Crippen LogP contribution in [0.15, 0.2) is 53.9 Å². The first-order chi connectivity index (χ1) is 13.4. The minimum atomic E-state index is -0.883. The van der Waals surface area contributed by atoms with E-state index in [0.717, 1.165) is 10.6 Å². The van der Waals surface area contributed by atoms with E-state index in [0.29, 0.717) is 17.0 Å². The molecule has 0 aliphatic rings. The van der Waals surface area contributed by atoms with Gasteiger partial charge >= 0.3 is 0 Å². The number of benzene rings is 1. The van der Waals surface area contributed by atoms with Crippen molar-refractivity contribution in [3.63, 3.8) is 0 Å². The van der Waals surface area contributed by atoms with Gasteiger partial charge in [-0.25, -0.2) is 4.39 Å². The number of rotatable bonds is 5. The Balaban J connectivity index is 1.57. The van der Waals surface area contributed by atoms with Crippen molar-refractivity contribution in [1.82, 2.24) is 15.8 Å². The van der Waals surface area contributed by atoms with Gasteiger partial charge in [-0.3, -0.25) is 25.4 Å². The summed E-state index contributed by atoms with van der Waals surface area (Å²) in [7, 11) is 0. The molecule has 6 nitrogen and oxygen atoms in total. The third-order valence-corrected chi connectivity index (χ3v) is 4.79. The summed E-state index contributed by atoms with van der Waals surface area (Å²) < 4.78 is 18.3. The Morgan fingerprint density at radius 2 is 1.86 bits per heavy atom. The highest BCUT2D eigenvalue weighted by Gasteiger charge is 2.17. The summed E-state index contributed by atoms with van der Waals surface area (Å²) in [6.07, 6.45) is -0.883. The Kier molecular flexibility index (Phi) is 6.00. The summed E-state index contributed by atoms with van der Waals surface area (Å²) in [5.41, 5.74) is 6.36. The van der Waals surface area contributed by atoms with Gasteiger partial charge in [-0.2, -0.15) is 0 Å². The Labute approximate surface area is 165 Å². The third-order valence-electron chi connectivity index (χ3n) is 3.90. The third kappa shape index (κ3) is 4.72. The summed E-state index contributed by atoms with van der Waals surface area (Å²) in [4.78, 5) is 29.9. The number of hydrogen-bond acceptors (Lipinski definition) is 5. The zero-order chi connectivity index (χ0) is 20.1. The van der Waals surface area contributed by atoms with Gasteiger partial charge in [0.2, 0.25) is 0 Å². The normalized spacial score (nSPS) is 11.5. The van der Waals surface area contributed by atoms with Crippen LogP contribution in [0.1, 0.15) is 23.0 Å². The van der Waals surface area contributed by atoms with Crippen molar-refractivity contribution in [2.45, 2.75) is 20.0 Å². The second-order valence-electron chi connectivity index (χ2n) is 5.96. The molecule has 0 spiro atoms. The van der Waals surface area contributed by atoms with Gasteiger partial charge in [0.15, 0.2) is 6.10 Å². The molecule has 8 heteroatoms. The van der Waals surface area contributed by atoms with Crippen molar-refractivity contribution in [3.8, 4) is 16.3 Å². The average molecular weight is 399 g/mol. The molecule has 2 N–H and O–H groups in total. The fourth-order valence-corrected chi connectivity index (χ4v) is 3.12. The van der Waals surface area contributed by atoms with Gasteiger partial charge in [0, 0.05) is 0 Å². The van der Waals surface area contributed by atoms with E-state index in [9.17, 15) is 14.0 Å². The number of aromatic nitrogens is 1. The molecule has 28 heavy (non-hydrogen) atoms. The van der Waals surface area contributed by atoms with E-state index < -0.39 is 23.7 Å². The van der Waals surface area contributed by atoms with Gasteiger partial charge in [-0.1, -0.05) is 6.07 Å². The number of halogens is 1. The van der Waals surface area contributed by atoms with Crippen LogP contribution in [0.5, 0.6) is 5.75 Å². The van der Waals surface area contributed by atoms with Gasteiger partial charge in [-0.15, -0.1) is 11.3 Å². The molecule has 2 aromatic heterocycles. The fourth-order valence-electron chi connectivity index (χ4n) is 2.42. The molecule has 144 valence electrons. The van der Waals surface area contributed by atoms with Crippen molar-refractivity contribution < 1.29 is 18.7 Å². The van der Waals surface area contributed by atoms with Gasteiger partial charge in [0.1, 0.15) is 11.6 Å². The topological polar surface area (TPSA) is 80.3 Å². The van der Waals surface area contributed by atoms with Crippen molar-refractivity contribution >= 4 is 23.2 Å². The Morgan fingerprint density at radius 3 is 2.50 bits per heavy atom. The van der Waals surface area contributed by atoms with E-state index in [1.165, 1.54) is 31.2 Å². The molecule has 1 atom stereocenters. The van der Waals surface area contributed by atoms with Crippen LogP contribution in [-0.4, -0.2) is 22.9 Å². The standard InChI is InChI=1S/C20H18FN3O3S/c1-12-16(9-10-17(22-12)18-4-3-11-28-18)20(26)24-23-19(25)13(2)27-15-7-5-14(21)6-8-15/h3-11,13H,1-2H3,(H,23,25)(H,24,26). The number of thiophene rings is 1. The predicted octanol–water partition coefficient (Wildman–Crippen LogP) is 3.49. The van der Waals surface area contributed by atoms with E-state index in [4.69, 9.17) is 4.74 Å². The minimum Gasteiger partial charge on any atom is -0.481 e. The highest BCUT2D eigenvalue weighted by atomic mass is 32.1. The van der Waals surface area contributed by atoms with Gasteiger partial charge in [0.05, 0.1) is 21.8 Å². The second kappa shape index (κ2) is 8.62. The maximum atomic E-state index is 12.9. The summed E-state index contributed by atoms with van der Waals surface area (Å²) in [6.45, 7) is 3.25. The second-order valence-corrected chi connectivity index (χ2v) is 6.91. The zero-order valence-corrected chi connectivity index (χ0v) is 16.0. The van der Waals surface area contributed by atoms with Crippen LogP contribution in [0.4, 0.5) is 4.39 Å². The van der Waals surface area contributed by atoms with Gasteiger partial charge in [0.25, 0.3) is 11.8 Å². The molecule has 0 bridgehead atoms. The lowest BCUT2D eigenvalue weighted by atomic mass is 10.1. The molecule has 1 unspecified atom stereocenters. The highest BCUT2D eigenvalue weighted by molar-refractivity contribution is 7.13. The number of pyridine rings is 1. The highest BCUT2D eigenvalue weighted by Crippen LogP contribution is 2.23. The number of carbonyl (C=O) groups excluding carboxylic acids is 2. The Hall–Kier alpha value is -3.26. The molecule has 0 aliphatic heterocycles. The Morgan fingerprint density at radius 1 is 1.11 bits per heavy atom. The maximum absolute atomic E-state index is 12.9. The van der Waals surface area contributed by atoms with Crippen LogP contribution in [0.3, 0.4) is 0 Å². The number of amides is 2. The van der Waals surface area contributed by atoms with E-state index in [1.807, 2.05) is 17.5 Å². The fraction of sp³-hybridized carbons (Fsp3) is 0.150. The number of nitrogens with one attached hydrogen (secondary N) is 2. The lowest BCUT2D eigenvalue weighted by Gasteiger charge is -2.15. The lowest BCUT2D eigenvalue weighted by molar-refractivity contribution is -0.128. The van der Waals surface area contributed by atoms with Crippen molar-refractivity contribution in [2.24, 2.45) is 0 Å². The largest absolute Gasteiger partial charge is 0.481 e. The summed E-state index contributed by atoms with van der Waals surface area (Å²) in [5, 5.41) is 1.96. The molecule has 0 fully saturated rings. The van der Waals surface area contributed by atoms with Crippen LogP contribution in [0, 0.1) is 12.7 Å². The number of ether oxygens (including phenoxy) is 1. The van der Waals surface area contributed by atoms with Crippen LogP contribution < -0.4 is 15.6 Å². The van der Waals surface area contributed by atoms with Crippen LogP contribution in [0.2, 0.25) is 0 Å². The molecule has 1 aromatic carbocycles. The van der Waals surface area contributed by atoms with Crippen molar-refractivity contribution in [1.29, 1.82) is 0 Å². The molecule has 3 rings (SSSR count). The van der Waals surface area contributed by atoms with Crippen LogP contribution >= 0.6 is 11.3 Å². The quantitative estimate of drug-likeness (QED) is 0.644. The molecular weight excluding hydrogens is 381 g/mol. The maximum Gasteiger partial charge on any atom is 0.279 e. The molecule has 2 heterocycles. The van der Waals surface area contributed by atoms with E-state index in [2.05, 4.69) is 15.8 Å². The van der Waals surface area contributed by atoms with E-state index in [1.54, 1.807) is 30.4 Å². The number of aryl methyl sites for hydroxylation is 1. The summed E-state index contributed by atoms with van der Waals surface area (Å²) in [6, 6.07) is 12.6. The first-order valence-corrected chi connectivity index (χ1v) is 9.36. The first kappa shape index (κ1) is 19.5. The molecule has 2 amide bonds. The van der Waals surface area contributed by atoms with Crippen molar-refractivity contribution in [3.05, 3.63) is 71.0 Å². The average Bonchev–Trinajstić information content (AvgIpc) is 3.22. The van der Waals surface area contributed by atoms with E-state index in [-0.39, 0.29) is 0 Å². The molecule has 0 saturated carbocycles. The predicted molar refractivity (Wildman–Crippen MR) is 104 cm³/mol. The zero-order valence-electron chi connectivity index (χ0n) is 15.2. The molecule has 0 radical (unpaired) electrons. The lowest BCUT2D eigenvalue weighted by Crippen LogP contribution is -2.47. The number of nitrogens with zero attached hydrogens (tertiary/aromatic N) is 1. The van der Waals surface area contributed by atoms with Gasteiger partial charge < -0.3 is 4.74 Å². The number of hydrazine groups is 1. The summed E-state index contributed by atoms with van der Waals surface area (Å²) in [5.74, 6) is -1.08. The number of hydrogen-bond donors (Lipinski definition) is 2. The van der Waals surface area contributed by atoms with Crippen molar-refractivity contribution in [2.75, 3.05) is 0 Å². The summed E-state index contributed by atoms with van der Waals surface area (Å²) >= 11 is 1.56. The number of carbonyl (C=O) groups is 2. The molecule has 0 aliphatic carbocycles. The smallest absolute Gasteiger partial charge is 0.279 e. The SMILES string of the molecule is Cc1nc(-c2cccs2)ccc1C(=O)NNC(=O)C(C)Oc1ccc(F)cc1. The Bertz CT molecular complexity index is 975. The molecule has 0 saturated heterocycles. The van der Waals surface area contributed by atoms with Crippen LogP contribution in [0.25, 0.3) is 10.6 Å². The first-order valence-electron chi connectivity index (χ1n) is 8.48. The molecular formula is C20H18FN3O3S. The van der Waals surface area contributed by atoms with Crippen LogP contribution in [-0.2, 0) is 4.79 Å². The molecule has 3 aromatic rings. The monoisotopic (exact) mass is 399 g/mol. The van der Waals surface area contributed by atoms with E-state index >= 15 is 0 Å².